The summed E-state index contributed by atoms with van der Waals surface area (Å²) in [7, 11) is 0. The maximum Gasteiger partial charge on any atom is 0.315 e. The summed E-state index contributed by atoms with van der Waals surface area (Å²) in [4.78, 5) is 35.1. The topological polar surface area (TPSA) is 111 Å². The summed E-state index contributed by atoms with van der Waals surface area (Å²) in [5.74, 6) is -0.927. The fourth-order valence-corrected chi connectivity index (χ4v) is 1.85. The molecule has 3 amide bonds. The third-order valence-corrected chi connectivity index (χ3v) is 2.97. The zero-order chi connectivity index (χ0) is 14.8. The molecule has 0 spiro atoms. The monoisotopic (exact) mass is 286 g/mol. The number of carboxylic acid groups (broad SMARTS) is 1. The summed E-state index contributed by atoms with van der Waals surface area (Å²) < 4.78 is 0. The predicted octanol–water partition coefficient (Wildman–Crippen LogP) is -1.03. The maximum atomic E-state index is 11.7. The molecule has 0 aromatic carbocycles. The molecule has 1 saturated heterocycles. The average Bonchev–Trinajstić information content (AvgIpc) is 2.45. The van der Waals surface area contributed by atoms with E-state index in [0.717, 1.165) is 13.1 Å². The van der Waals surface area contributed by atoms with Crippen molar-refractivity contribution in [3.05, 3.63) is 0 Å². The van der Waals surface area contributed by atoms with Crippen molar-refractivity contribution in [3.63, 3.8) is 0 Å². The molecular formula is C12H22N4O4. The van der Waals surface area contributed by atoms with Gasteiger partial charge in [-0.05, 0) is 12.8 Å². The van der Waals surface area contributed by atoms with Gasteiger partial charge in [-0.3, -0.25) is 9.59 Å². The Hall–Kier alpha value is -1.83. The van der Waals surface area contributed by atoms with E-state index in [1.54, 1.807) is 4.90 Å². The molecule has 20 heavy (non-hydrogen) atoms. The second-order valence-corrected chi connectivity index (χ2v) is 4.59. The van der Waals surface area contributed by atoms with E-state index >= 15 is 0 Å². The number of urea groups is 1. The van der Waals surface area contributed by atoms with Gasteiger partial charge in [0, 0.05) is 39.1 Å². The van der Waals surface area contributed by atoms with Crippen molar-refractivity contribution in [2.45, 2.75) is 19.3 Å². The number of hydrogen-bond donors (Lipinski definition) is 4. The fourth-order valence-electron chi connectivity index (χ4n) is 1.85. The first-order valence-corrected chi connectivity index (χ1v) is 6.81. The van der Waals surface area contributed by atoms with Crippen molar-refractivity contribution >= 4 is 17.9 Å². The molecule has 1 rings (SSSR count). The molecule has 4 N–H and O–H groups in total. The molecule has 1 aliphatic rings. The number of piperazine rings is 1. The summed E-state index contributed by atoms with van der Waals surface area (Å²) in [6.45, 7) is 3.28. The number of aliphatic carboxylic acids is 1. The Kier molecular flexibility index (Phi) is 7.41. The lowest BCUT2D eigenvalue weighted by Gasteiger charge is -2.27. The lowest BCUT2D eigenvalue weighted by molar-refractivity contribution is -0.137. The lowest BCUT2D eigenvalue weighted by Crippen LogP contribution is -2.50. The second kappa shape index (κ2) is 9.13. The molecule has 0 atom stereocenters. The van der Waals surface area contributed by atoms with Gasteiger partial charge in [-0.1, -0.05) is 0 Å². The van der Waals surface area contributed by atoms with Crippen molar-refractivity contribution in [1.29, 1.82) is 0 Å². The minimum absolute atomic E-state index is 0.0129. The van der Waals surface area contributed by atoms with Crippen LogP contribution in [0.15, 0.2) is 0 Å². The Bertz CT molecular complexity index is 342. The molecule has 0 aliphatic carbocycles. The molecule has 0 unspecified atom stereocenters. The number of nitrogens with one attached hydrogen (secondary N) is 3. The van der Waals surface area contributed by atoms with E-state index < -0.39 is 12.0 Å². The Labute approximate surface area is 117 Å². The van der Waals surface area contributed by atoms with Gasteiger partial charge in [-0.2, -0.15) is 0 Å². The number of nitrogens with zero attached hydrogens (tertiary/aromatic N) is 1. The van der Waals surface area contributed by atoms with E-state index in [2.05, 4.69) is 16.0 Å². The van der Waals surface area contributed by atoms with E-state index in [9.17, 15) is 14.4 Å². The highest BCUT2D eigenvalue weighted by atomic mass is 16.4. The number of hydrogen-bond acceptors (Lipinski definition) is 4. The Morgan fingerprint density at radius 2 is 1.80 bits per heavy atom. The van der Waals surface area contributed by atoms with Gasteiger partial charge in [0.1, 0.15) is 0 Å². The number of carbonyl (C=O) groups excluding carboxylic acids is 2. The molecule has 1 heterocycles. The zero-order valence-corrected chi connectivity index (χ0v) is 11.5. The predicted molar refractivity (Wildman–Crippen MR) is 72.3 cm³/mol. The maximum absolute atomic E-state index is 11.7. The van der Waals surface area contributed by atoms with Crippen LogP contribution in [0.3, 0.4) is 0 Å². The smallest absolute Gasteiger partial charge is 0.315 e. The van der Waals surface area contributed by atoms with Crippen molar-refractivity contribution in [2.75, 3.05) is 39.3 Å². The van der Waals surface area contributed by atoms with Crippen LogP contribution in [0, 0.1) is 0 Å². The molecule has 8 heteroatoms. The Balaban J connectivity index is 2.04. The quantitative estimate of drug-likeness (QED) is 0.447. The molecular weight excluding hydrogens is 264 g/mol. The van der Waals surface area contributed by atoms with Crippen LogP contribution in [0.25, 0.3) is 0 Å². The van der Waals surface area contributed by atoms with E-state index in [0.29, 0.717) is 32.5 Å². The molecule has 1 fully saturated rings. The van der Waals surface area contributed by atoms with E-state index in [-0.39, 0.29) is 18.9 Å². The van der Waals surface area contributed by atoms with Gasteiger partial charge in [0.25, 0.3) is 0 Å². The Morgan fingerprint density at radius 3 is 2.45 bits per heavy atom. The number of amides is 3. The van der Waals surface area contributed by atoms with Crippen LogP contribution in [-0.4, -0.2) is 67.2 Å². The van der Waals surface area contributed by atoms with Crippen LogP contribution in [0.1, 0.15) is 19.3 Å². The summed E-state index contributed by atoms with van der Waals surface area (Å²) in [5, 5.41) is 16.7. The summed E-state index contributed by atoms with van der Waals surface area (Å²) in [6, 6.07) is -0.399. The average molecular weight is 286 g/mol. The lowest BCUT2D eigenvalue weighted by atomic mass is 10.2. The van der Waals surface area contributed by atoms with Crippen LogP contribution < -0.4 is 16.0 Å². The molecule has 0 saturated carbocycles. The molecule has 0 radical (unpaired) electrons. The SMILES string of the molecule is O=C(O)CCCCNC(=O)NCC(=O)N1CCNCC1. The number of carboxylic acids is 1. The van der Waals surface area contributed by atoms with Gasteiger partial charge >= 0.3 is 12.0 Å². The fraction of sp³-hybridized carbons (Fsp3) is 0.750. The van der Waals surface area contributed by atoms with Gasteiger partial charge in [0.05, 0.1) is 6.54 Å². The highest BCUT2D eigenvalue weighted by Crippen LogP contribution is 1.94. The molecule has 114 valence electrons. The molecule has 0 aromatic heterocycles. The van der Waals surface area contributed by atoms with Gasteiger partial charge in [0.2, 0.25) is 5.91 Å². The minimum Gasteiger partial charge on any atom is -0.481 e. The minimum atomic E-state index is -0.837. The third kappa shape index (κ3) is 6.93. The van der Waals surface area contributed by atoms with Gasteiger partial charge in [-0.25, -0.2) is 4.79 Å². The van der Waals surface area contributed by atoms with Gasteiger partial charge in [0.15, 0.2) is 0 Å². The summed E-state index contributed by atoms with van der Waals surface area (Å²) >= 11 is 0. The van der Waals surface area contributed by atoms with Gasteiger partial charge in [-0.15, -0.1) is 0 Å². The highest BCUT2D eigenvalue weighted by molar-refractivity contribution is 5.84. The summed E-state index contributed by atoms with van der Waals surface area (Å²) in [6.07, 6.45) is 1.23. The van der Waals surface area contributed by atoms with Crippen LogP contribution in [-0.2, 0) is 9.59 Å². The van der Waals surface area contributed by atoms with Crippen LogP contribution in [0.5, 0.6) is 0 Å². The van der Waals surface area contributed by atoms with E-state index in [1.165, 1.54) is 0 Å². The zero-order valence-electron chi connectivity index (χ0n) is 11.5. The number of carbonyl (C=O) groups is 3. The summed E-state index contributed by atoms with van der Waals surface area (Å²) in [5.41, 5.74) is 0. The van der Waals surface area contributed by atoms with E-state index in [4.69, 9.17) is 5.11 Å². The number of unbranched alkanes of at least 4 members (excludes halogenated alkanes) is 1. The third-order valence-electron chi connectivity index (χ3n) is 2.97. The Morgan fingerprint density at radius 1 is 1.10 bits per heavy atom. The van der Waals surface area contributed by atoms with Crippen molar-refractivity contribution in [2.24, 2.45) is 0 Å². The van der Waals surface area contributed by atoms with Crippen LogP contribution >= 0.6 is 0 Å². The van der Waals surface area contributed by atoms with Crippen molar-refractivity contribution in [3.8, 4) is 0 Å². The molecule has 0 bridgehead atoms. The van der Waals surface area contributed by atoms with Gasteiger partial charge < -0.3 is 26.0 Å². The number of rotatable bonds is 7. The van der Waals surface area contributed by atoms with Crippen molar-refractivity contribution in [1.82, 2.24) is 20.9 Å². The first-order chi connectivity index (χ1) is 9.59. The normalized spacial score (nSPS) is 14.7. The first-order valence-electron chi connectivity index (χ1n) is 6.81. The van der Waals surface area contributed by atoms with Crippen LogP contribution in [0.4, 0.5) is 4.79 Å². The second-order valence-electron chi connectivity index (χ2n) is 4.59. The van der Waals surface area contributed by atoms with E-state index in [1.807, 2.05) is 0 Å². The van der Waals surface area contributed by atoms with Crippen LogP contribution in [0.2, 0.25) is 0 Å². The van der Waals surface area contributed by atoms with Crippen molar-refractivity contribution < 1.29 is 19.5 Å². The first kappa shape index (κ1) is 16.2. The standard InChI is InChI=1S/C12H22N4O4/c17-10(16-7-5-13-6-8-16)9-15-12(20)14-4-2-1-3-11(18)19/h13H,1-9H2,(H,18,19)(H2,14,15,20). The highest BCUT2D eigenvalue weighted by Gasteiger charge is 2.16. The largest absolute Gasteiger partial charge is 0.481 e. The molecule has 0 aromatic rings. The molecule has 8 nitrogen and oxygen atoms in total. The molecule has 1 aliphatic heterocycles.